The molecular weight excluding hydrogens is 427 g/mol. The van der Waals surface area contributed by atoms with Crippen molar-refractivity contribution in [3.63, 3.8) is 0 Å². The summed E-state index contributed by atoms with van der Waals surface area (Å²) in [4.78, 5) is 13.4. The first-order valence-electron chi connectivity index (χ1n) is 9.51. The van der Waals surface area contributed by atoms with Crippen LogP contribution in [0.1, 0.15) is 20.8 Å². The van der Waals surface area contributed by atoms with Crippen LogP contribution in [0.15, 0.2) is 47.4 Å². The van der Waals surface area contributed by atoms with Crippen molar-refractivity contribution < 1.29 is 22.3 Å². The molecule has 0 radical (unpaired) electrons. The van der Waals surface area contributed by atoms with E-state index in [1.807, 2.05) is 0 Å². The molecule has 4 rings (SSSR count). The molecule has 0 bridgehead atoms. The summed E-state index contributed by atoms with van der Waals surface area (Å²) in [6, 6.07) is 11.4. The molecule has 1 aromatic heterocycles. The highest BCUT2D eigenvalue weighted by Crippen LogP contribution is 2.32. The number of nitrogens with zero attached hydrogens (tertiary/aromatic N) is 1. The molecule has 2 aromatic carbocycles. The van der Waals surface area contributed by atoms with Gasteiger partial charge in [0, 0.05) is 29.7 Å². The maximum Gasteiger partial charge on any atom is 0.261 e. The van der Waals surface area contributed by atoms with Gasteiger partial charge in [-0.2, -0.15) is 4.31 Å². The fraction of sp³-hybridized carbons (Fsp3) is 0.286. The van der Waals surface area contributed by atoms with Crippen LogP contribution in [0.3, 0.4) is 0 Å². The van der Waals surface area contributed by atoms with Gasteiger partial charge >= 0.3 is 0 Å². The van der Waals surface area contributed by atoms with Gasteiger partial charge in [0.2, 0.25) is 10.0 Å². The Bertz CT molecular complexity index is 1200. The van der Waals surface area contributed by atoms with Crippen LogP contribution in [-0.4, -0.2) is 44.9 Å². The minimum atomic E-state index is -3.68. The molecule has 0 aliphatic carbocycles. The van der Waals surface area contributed by atoms with Gasteiger partial charge in [-0.15, -0.1) is 11.3 Å². The van der Waals surface area contributed by atoms with E-state index < -0.39 is 10.0 Å². The lowest BCUT2D eigenvalue weighted by atomic mass is 10.1. The zero-order valence-corrected chi connectivity index (χ0v) is 18.0. The van der Waals surface area contributed by atoms with E-state index in [9.17, 15) is 17.6 Å². The van der Waals surface area contributed by atoms with Gasteiger partial charge in [-0.25, -0.2) is 12.8 Å². The van der Waals surface area contributed by atoms with Crippen molar-refractivity contribution in [2.75, 3.05) is 26.3 Å². The third-order valence-corrected chi connectivity index (χ3v) is 8.36. The second-order valence-electron chi connectivity index (χ2n) is 6.98. The second kappa shape index (κ2) is 8.43. The van der Waals surface area contributed by atoms with E-state index in [-0.39, 0.29) is 23.2 Å². The number of rotatable bonds is 5. The summed E-state index contributed by atoms with van der Waals surface area (Å²) in [6.07, 6.45) is 0. The predicted octanol–water partition coefficient (Wildman–Crippen LogP) is 3.30. The van der Waals surface area contributed by atoms with E-state index in [4.69, 9.17) is 4.74 Å². The van der Waals surface area contributed by atoms with Gasteiger partial charge in [-0.1, -0.05) is 24.3 Å². The predicted molar refractivity (Wildman–Crippen MR) is 114 cm³/mol. The highest BCUT2D eigenvalue weighted by atomic mass is 32.2. The highest BCUT2D eigenvalue weighted by Gasteiger charge is 2.28. The number of thiophene rings is 1. The molecule has 1 amide bonds. The molecule has 0 spiro atoms. The summed E-state index contributed by atoms with van der Waals surface area (Å²) >= 11 is 1.22. The van der Waals surface area contributed by atoms with Crippen LogP contribution in [0.2, 0.25) is 0 Å². The molecule has 1 N–H and O–H groups in total. The molecule has 1 aliphatic heterocycles. The Labute approximate surface area is 178 Å². The Hall–Kier alpha value is -2.33. The Morgan fingerprint density at radius 1 is 1.17 bits per heavy atom. The van der Waals surface area contributed by atoms with Crippen LogP contribution in [0.4, 0.5) is 4.39 Å². The van der Waals surface area contributed by atoms with Crippen LogP contribution < -0.4 is 5.32 Å². The number of halogens is 1. The average molecular weight is 449 g/mol. The molecule has 0 atom stereocenters. The molecule has 158 valence electrons. The zero-order valence-electron chi connectivity index (χ0n) is 16.4. The molecular formula is C21H21FN2O4S2. The van der Waals surface area contributed by atoms with E-state index in [0.717, 1.165) is 0 Å². The quantitative estimate of drug-likeness (QED) is 0.650. The van der Waals surface area contributed by atoms with Crippen LogP contribution in [-0.2, 0) is 21.3 Å². The maximum atomic E-state index is 14.1. The van der Waals surface area contributed by atoms with Gasteiger partial charge < -0.3 is 10.1 Å². The number of sulfonamides is 1. The molecule has 30 heavy (non-hydrogen) atoms. The van der Waals surface area contributed by atoms with Crippen molar-refractivity contribution in [2.24, 2.45) is 0 Å². The lowest BCUT2D eigenvalue weighted by Gasteiger charge is -2.27. The molecule has 9 heteroatoms. The van der Waals surface area contributed by atoms with E-state index in [2.05, 4.69) is 5.32 Å². The third kappa shape index (κ3) is 3.85. The summed E-state index contributed by atoms with van der Waals surface area (Å²) in [6.45, 7) is 3.09. The minimum Gasteiger partial charge on any atom is -0.379 e. The number of hydrogen-bond acceptors (Lipinski definition) is 5. The van der Waals surface area contributed by atoms with Crippen molar-refractivity contribution in [2.45, 2.75) is 18.4 Å². The smallest absolute Gasteiger partial charge is 0.261 e. The Morgan fingerprint density at radius 2 is 1.90 bits per heavy atom. The first-order chi connectivity index (χ1) is 14.4. The van der Waals surface area contributed by atoms with E-state index in [1.165, 1.54) is 21.7 Å². The van der Waals surface area contributed by atoms with Gasteiger partial charge in [0.25, 0.3) is 5.91 Å². The first kappa shape index (κ1) is 20.9. The van der Waals surface area contributed by atoms with Crippen LogP contribution in [0, 0.1) is 12.7 Å². The normalized spacial score (nSPS) is 15.4. The second-order valence-corrected chi connectivity index (χ2v) is 9.93. The van der Waals surface area contributed by atoms with Crippen molar-refractivity contribution in [3.05, 3.63) is 64.3 Å². The SMILES string of the molecule is Cc1c(C(=O)NCc2ccccc2S(=O)(=O)N2CCOCC2)sc2cccc(F)c12. The summed E-state index contributed by atoms with van der Waals surface area (Å²) < 4.78 is 47.6. The highest BCUT2D eigenvalue weighted by molar-refractivity contribution is 7.89. The van der Waals surface area contributed by atoms with Crippen molar-refractivity contribution in [1.29, 1.82) is 0 Å². The van der Waals surface area contributed by atoms with Gasteiger partial charge in [0.15, 0.2) is 0 Å². The van der Waals surface area contributed by atoms with E-state index >= 15 is 0 Å². The number of benzene rings is 2. The molecule has 0 saturated carbocycles. The van der Waals surface area contributed by atoms with E-state index in [1.54, 1.807) is 43.3 Å². The number of fused-ring (bicyclic) bond motifs is 1. The molecule has 1 saturated heterocycles. The zero-order chi connectivity index (χ0) is 21.3. The molecule has 1 fully saturated rings. The monoisotopic (exact) mass is 448 g/mol. The Balaban J connectivity index is 1.57. The maximum absolute atomic E-state index is 14.1. The van der Waals surface area contributed by atoms with Crippen LogP contribution in [0.5, 0.6) is 0 Å². The van der Waals surface area contributed by atoms with Crippen molar-refractivity contribution in [1.82, 2.24) is 9.62 Å². The van der Waals surface area contributed by atoms with Gasteiger partial charge in [0.1, 0.15) is 5.82 Å². The summed E-state index contributed by atoms with van der Waals surface area (Å²) in [5.41, 5.74) is 1.09. The van der Waals surface area contributed by atoms with Crippen molar-refractivity contribution >= 4 is 37.4 Å². The number of aryl methyl sites for hydroxylation is 1. The van der Waals surface area contributed by atoms with Gasteiger partial charge in [0.05, 0.1) is 23.0 Å². The molecule has 3 aromatic rings. The van der Waals surface area contributed by atoms with Crippen LogP contribution in [0.25, 0.3) is 10.1 Å². The number of hydrogen-bond donors (Lipinski definition) is 1. The van der Waals surface area contributed by atoms with Crippen molar-refractivity contribution in [3.8, 4) is 0 Å². The molecule has 1 aliphatic rings. The molecule has 0 unspecified atom stereocenters. The first-order valence-corrected chi connectivity index (χ1v) is 11.8. The van der Waals surface area contributed by atoms with Crippen LogP contribution >= 0.6 is 11.3 Å². The average Bonchev–Trinajstić information content (AvgIpc) is 3.10. The number of nitrogens with one attached hydrogen (secondary N) is 1. The Morgan fingerprint density at radius 3 is 2.63 bits per heavy atom. The summed E-state index contributed by atoms with van der Waals surface area (Å²) in [5.74, 6) is -0.714. The van der Waals surface area contributed by atoms with E-state index in [0.29, 0.717) is 52.4 Å². The van der Waals surface area contributed by atoms with Gasteiger partial charge in [-0.3, -0.25) is 4.79 Å². The largest absolute Gasteiger partial charge is 0.379 e. The minimum absolute atomic E-state index is 0.0503. The molecule has 2 heterocycles. The fourth-order valence-corrected chi connectivity index (χ4v) is 6.32. The standard InChI is InChI=1S/C21H21FN2O4S2/c1-14-19-16(22)6-4-7-17(19)29-20(14)21(25)23-13-15-5-2-3-8-18(15)30(26,27)24-9-11-28-12-10-24/h2-8H,9-13H2,1H3,(H,23,25). The van der Waals surface area contributed by atoms with Gasteiger partial charge in [-0.05, 0) is 36.2 Å². The number of amides is 1. The number of carbonyl (C=O) groups excluding carboxylic acids is 1. The number of morpholine rings is 1. The lowest BCUT2D eigenvalue weighted by Crippen LogP contribution is -2.41. The third-order valence-electron chi connectivity index (χ3n) is 5.11. The Kier molecular flexibility index (Phi) is 5.88. The summed E-state index contributed by atoms with van der Waals surface area (Å²) in [5, 5.41) is 3.24. The molecule has 6 nitrogen and oxygen atoms in total. The lowest BCUT2D eigenvalue weighted by molar-refractivity contribution is 0.0730. The topological polar surface area (TPSA) is 75.7 Å². The number of ether oxygens (including phenoxy) is 1. The number of carbonyl (C=O) groups is 1. The fourth-order valence-electron chi connectivity index (χ4n) is 3.55. The summed E-state index contributed by atoms with van der Waals surface area (Å²) in [7, 11) is -3.68.